The number of methoxy groups -OCH3 is 1. The molecule has 0 aliphatic carbocycles. The lowest BCUT2D eigenvalue weighted by Gasteiger charge is -2.34. The quantitative estimate of drug-likeness (QED) is 0.698. The lowest BCUT2D eigenvalue weighted by atomic mass is 9.96. The first-order valence-corrected chi connectivity index (χ1v) is 10.5. The summed E-state index contributed by atoms with van der Waals surface area (Å²) >= 11 is 1.55. The molecule has 0 bridgehead atoms. The van der Waals surface area contributed by atoms with Crippen molar-refractivity contribution in [3.05, 3.63) is 46.4 Å². The Morgan fingerprint density at radius 1 is 1.30 bits per heavy atom. The van der Waals surface area contributed by atoms with Crippen molar-refractivity contribution in [1.29, 1.82) is 0 Å². The van der Waals surface area contributed by atoms with Crippen LogP contribution in [-0.4, -0.2) is 61.0 Å². The monoisotopic (exact) mass is 387 g/mol. The van der Waals surface area contributed by atoms with Crippen LogP contribution in [0.3, 0.4) is 0 Å². The first-order chi connectivity index (χ1) is 13.1. The number of carbonyl (C=O) groups is 1. The predicted octanol–water partition coefficient (Wildman–Crippen LogP) is 3.11. The standard InChI is InChI=1S/C21H29N3O2S/c1-23(21(25)13-20-14-22-16-27-20)15-18-8-11-24(12-9-18)10-7-17-3-5-19(26-2)6-4-17/h3-6,14,16,18H,7-13,15H2,1-2H3. The molecule has 3 rings (SSSR count). The van der Waals surface area contributed by atoms with Gasteiger partial charge in [-0.05, 0) is 56.0 Å². The summed E-state index contributed by atoms with van der Waals surface area (Å²) in [5.74, 6) is 1.72. The first-order valence-electron chi connectivity index (χ1n) is 9.60. The molecule has 1 aliphatic rings. The molecule has 2 heterocycles. The molecule has 0 spiro atoms. The van der Waals surface area contributed by atoms with Gasteiger partial charge in [0, 0.05) is 31.2 Å². The van der Waals surface area contributed by atoms with Crippen LogP contribution in [0.15, 0.2) is 36.0 Å². The minimum absolute atomic E-state index is 0.196. The summed E-state index contributed by atoms with van der Waals surface area (Å²) < 4.78 is 5.21. The van der Waals surface area contributed by atoms with Crippen LogP contribution in [0, 0.1) is 5.92 Å². The molecule has 0 atom stereocenters. The number of benzene rings is 1. The van der Waals surface area contributed by atoms with Gasteiger partial charge in [-0.2, -0.15) is 0 Å². The van der Waals surface area contributed by atoms with Crippen LogP contribution in [-0.2, 0) is 17.6 Å². The number of likely N-dealkylation sites (tertiary alicyclic amines) is 1. The Morgan fingerprint density at radius 3 is 2.67 bits per heavy atom. The Morgan fingerprint density at radius 2 is 2.04 bits per heavy atom. The molecule has 0 radical (unpaired) electrons. The molecule has 1 fully saturated rings. The zero-order chi connectivity index (χ0) is 19.1. The van der Waals surface area contributed by atoms with Gasteiger partial charge in [0.25, 0.3) is 0 Å². The highest BCUT2D eigenvalue weighted by atomic mass is 32.1. The van der Waals surface area contributed by atoms with E-state index in [1.54, 1.807) is 30.2 Å². The van der Waals surface area contributed by atoms with Crippen molar-refractivity contribution in [2.75, 3.05) is 40.3 Å². The minimum Gasteiger partial charge on any atom is -0.497 e. The number of amides is 1. The van der Waals surface area contributed by atoms with E-state index in [9.17, 15) is 4.79 Å². The molecule has 6 heteroatoms. The molecule has 2 aromatic rings. The average Bonchev–Trinajstić information content (AvgIpc) is 3.21. The predicted molar refractivity (Wildman–Crippen MR) is 109 cm³/mol. The normalized spacial score (nSPS) is 15.6. The number of rotatable bonds is 8. The summed E-state index contributed by atoms with van der Waals surface area (Å²) in [6, 6.07) is 8.35. The zero-order valence-electron chi connectivity index (χ0n) is 16.3. The van der Waals surface area contributed by atoms with E-state index in [-0.39, 0.29) is 5.91 Å². The number of hydrogen-bond donors (Lipinski definition) is 0. The number of thiazole rings is 1. The SMILES string of the molecule is COc1ccc(CCN2CCC(CN(C)C(=O)Cc3cncs3)CC2)cc1. The number of piperidine rings is 1. The highest BCUT2D eigenvalue weighted by molar-refractivity contribution is 7.09. The molecule has 1 aromatic carbocycles. The van der Waals surface area contributed by atoms with Crippen LogP contribution in [0.2, 0.25) is 0 Å². The summed E-state index contributed by atoms with van der Waals surface area (Å²) in [6.07, 6.45) is 5.67. The second-order valence-corrected chi connectivity index (χ2v) is 8.27. The van der Waals surface area contributed by atoms with Gasteiger partial charge >= 0.3 is 0 Å². The molecule has 1 saturated heterocycles. The van der Waals surface area contributed by atoms with Gasteiger partial charge in [0.05, 0.1) is 19.0 Å². The van der Waals surface area contributed by atoms with Gasteiger partial charge in [-0.1, -0.05) is 12.1 Å². The third-order valence-electron chi connectivity index (χ3n) is 5.35. The minimum atomic E-state index is 0.196. The van der Waals surface area contributed by atoms with Gasteiger partial charge in [0.1, 0.15) is 5.75 Å². The van der Waals surface area contributed by atoms with Crippen molar-refractivity contribution in [1.82, 2.24) is 14.8 Å². The van der Waals surface area contributed by atoms with E-state index in [2.05, 4.69) is 22.0 Å². The highest BCUT2D eigenvalue weighted by Gasteiger charge is 2.22. The lowest BCUT2D eigenvalue weighted by molar-refractivity contribution is -0.129. The van der Waals surface area contributed by atoms with E-state index >= 15 is 0 Å². The molecule has 27 heavy (non-hydrogen) atoms. The number of ether oxygens (including phenoxy) is 1. The fourth-order valence-corrected chi connectivity index (χ4v) is 4.16. The lowest BCUT2D eigenvalue weighted by Crippen LogP contribution is -2.40. The van der Waals surface area contributed by atoms with E-state index in [1.807, 2.05) is 24.1 Å². The average molecular weight is 388 g/mol. The smallest absolute Gasteiger partial charge is 0.227 e. The molecule has 0 unspecified atom stereocenters. The third-order valence-corrected chi connectivity index (χ3v) is 6.13. The van der Waals surface area contributed by atoms with Crippen molar-refractivity contribution in [2.45, 2.75) is 25.7 Å². The number of hydrogen-bond acceptors (Lipinski definition) is 5. The maximum atomic E-state index is 12.3. The van der Waals surface area contributed by atoms with Gasteiger partial charge in [-0.15, -0.1) is 11.3 Å². The molecule has 5 nitrogen and oxygen atoms in total. The van der Waals surface area contributed by atoms with Crippen molar-refractivity contribution >= 4 is 17.2 Å². The van der Waals surface area contributed by atoms with Crippen LogP contribution in [0.25, 0.3) is 0 Å². The van der Waals surface area contributed by atoms with Crippen LogP contribution >= 0.6 is 11.3 Å². The van der Waals surface area contributed by atoms with Crippen molar-refractivity contribution in [3.8, 4) is 5.75 Å². The maximum Gasteiger partial charge on any atom is 0.227 e. The van der Waals surface area contributed by atoms with Crippen molar-refractivity contribution in [3.63, 3.8) is 0 Å². The van der Waals surface area contributed by atoms with Crippen LogP contribution in [0.4, 0.5) is 0 Å². The number of nitrogens with zero attached hydrogens (tertiary/aromatic N) is 3. The van der Waals surface area contributed by atoms with Gasteiger partial charge in [0.15, 0.2) is 0 Å². The highest BCUT2D eigenvalue weighted by Crippen LogP contribution is 2.19. The van der Waals surface area contributed by atoms with E-state index in [0.29, 0.717) is 12.3 Å². The zero-order valence-corrected chi connectivity index (χ0v) is 17.1. The molecule has 0 saturated carbocycles. The van der Waals surface area contributed by atoms with Gasteiger partial charge < -0.3 is 14.5 Å². The number of likely N-dealkylation sites (N-methyl/N-ethyl adjacent to an activating group) is 1. The fraction of sp³-hybridized carbons (Fsp3) is 0.524. The maximum absolute atomic E-state index is 12.3. The third kappa shape index (κ3) is 6.04. The summed E-state index contributed by atoms with van der Waals surface area (Å²) in [7, 11) is 3.63. The largest absolute Gasteiger partial charge is 0.497 e. The molecule has 1 amide bonds. The van der Waals surface area contributed by atoms with Crippen molar-refractivity contribution < 1.29 is 9.53 Å². The van der Waals surface area contributed by atoms with Crippen LogP contribution in [0.5, 0.6) is 5.75 Å². The molecule has 1 aromatic heterocycles. The van der Waals surface area contributed by atoms with E-state index in [0.717, 1.165) is 43.2 Å². The van der Waals surface area contributed by atoms with Gasteiger partial charge in [-0.25, -0.2) is 0 Å². The molecular weight excluding hydrogens is 358 g/mol. The second-order valence-electron chi connectivity index (χ2n) is 7.30. The summed E-state index contributed by atoms with van der Waals surface area (Å²) in [5, 5.41) is 0. The Hall–Kier alpha value is -1.92. The van der Waals surface area contributed by atoms with E-state index in [1.165, 1.54) is 18.4 Å². The topological polar surface area (TPSA) is 45.7 Å². The molecule has 146 valence electrons. The number of aromatic nitrogens is 1. The Balaban J connectivity index is 1.36. The van der Waals surface area contributed by atoms with Crippen LogP contribution in [0.1, 0.15) is 23.3 Å². The molecule has 1 aliphatic heterocycles. The van der Waals surface area contributed by atoms with Crippen molar-refractivity contribution in [2.24, 2.45) is 5.92 Å². The Kier molecular flexibility index (Phi) is 7.24. The van der Waals surface area contributed by atoms with E-state index in [4.69, 9.17) is 4.74 Å². The van der Waals surface area contributed by atoms with Gasteiger partial charge in [-0.3, -0.25) is 9.78 Å². The summed E-state index contributed by atoms with van der Waals surface area (Å²) in [6.45, 7) is 4.21. The van der Waals surface area contributed by atoms with E-state index < -0.39 is 0 Å². The first kappa shape index (κ1) is 19.8. The Bertz CT molecular complexity index is 695. The summed E-state index contributed by atoms with van der Waals surface area (Å²) in [5.41, 5.74) is 3.14. The Labute approximate surface area is 166 Å². The second kappa shape index (κ2) is 9.85. The molecular formula is C21H29N3O2S. The number of carbonyl (C=O) groups excluding carboxylic acids is 1. The van der Waals surface area contributed by atoms with Gasteiger partial charge in [0.2, 0.25) is 5.91 Å². The fourth-order valence-electron chi connectivity index (χ4n) is 3.57. The van der Waals surface area contributed by atoms with Crippen LogP contribution < -0.4 is 4.74 Å². The molecule has 0 N–H and O–H groups in total. The summed E-state index contributed by atoms with van der Waals surface area (Å²) in [4.78, 5) is 21.9.